The molecule has 1 heterocycles. The van der Waals surface area contributed by atoms with Gasteiger partial charge in [0.15, 0.2) is 5.60 Å². The molecule has 3 fully saturated rings. The predicted molar refractivity (Wildman–Crippen MR) is 69.3 cm³/mol. The van der Waals surface area contributed by atoms with Gasteiger partial charge in [0.05, 0.1) is 0 Å². The van der Waals surface area contributed by atoms with E-state index in [4.69, 9.17) is 9.47 Å². The van der Waals surface area contributed by atoms with Gasteiger partial charge in [0, 0.05) is 5.92 Å². The summed E-state index contributed by atoms with van der Waals surface area (Å²) < 4.78 is 11.4. The van der Waals surface area contributed by atoms with E-state index in [-0.39, 0.29) is 11.6 Å². The molecule has 3 nitrogen and oxygen atoms in total. The molecule has 4 rings (SSSR count). The van der Waals surface area contributed by atoms with Crippen LogP contribution in [0.2, 0.25) is 0 Å². The molecule has 2 aliphatic carbocycles. The second-order valence-corrected chi connectivity index (χ2v) is 6.21. The van der Waals surface area contributed by atoms with Crippen molar-refractivity contribution in [1.29, 1.82) is 0 Å². The fourth-order valence-electron chi connectivity index (χ4n) is 4.28. The monoisotopic (exact) mass is 258 g/mol. The first-order chi connectivity index (χ1) is 9.17. The minimum atomic E-state index is -0.606. The van der Waals surface area contributed by atoms with Crippen LogP contribution in [-0.4, -0.2) is 17.2 Å². The number of benzene rings is 1. The van der Waals surface area contributed by atoms with E-state index in [1.54, 1.807) is 0 Å². The Balaban J connectivity index is 1.48. The maximum absolute atomic E-state index is 12.4. The number of hydrogen-bond acceptors (Lipinski definition) is 3. The summed E-state index contributed by atoms with van der Waals surface area (Å²) in [6.07, 6.45) is 3.45. The van der Waals surface area contributed by atoms with E-state index in [1.807, 2.05) is 30.3 Å². The van der Waals surface area contributed by atoms with Crippen LogP contribution in [0.4, 0.5) is 0 Å². The van der Waals surface area contributed by atoms with Gasteiger partial charge in [0.2, 0.25) is 0 Å². The van der Waals surface area contributed by atoms with Crippen molar-refractivity contribution in [3.63, 3.8) is 0 Å². The Morgan fingerprint density at radius 1 is 1.32 bits per heavy atom. The lowest BCUT2D eigenvalue weighted by atomic mass is 9.80. The van der Waals surface area contributed by atoms with Gasteiger partial charge in [-0.2, -0.15) is 0 Å². The molecule has 19 heavy (non-hydrogen) atoms. The molecule has 4 atom stereocenters. The smallest absolute Gasteiger partial charge is 0.342 e. The van der Waals surface area contributed by atoms with Crippen molar-refractivity contribution in [2.45, 2.75) is 44.0 Å². The molecule has 1 aliphatic heterocycles. The van der Waals surface area contributed by atoms with Gasteiger partial charge in [-0.25, -0.2) is 4.79 Å². The van der Waals surface area contributed by atoms with Crippen molar-refractivity contribution in [3.8, 4) is 0 Å². The van der Waals surface area contributed by atoms with Crippen LogP contribution in [-0.2, 0) is 20.9 Å². The Bertz CT molecular complexity index is 526. The molecule has 0 aromatic heterocycles. The summed E-state index contributed by atoms with van der Waals surface area (Å²) in [5, 5.41) is 0. The van der Waals surface area contributed by atoms with Gasteiger partial charge in [-0.15, -0.1) is 0 Å². The zero-order chi connectivity index (χ0) is 13.1. The van der Waals surface area contributed by atoms with Crippen LogP contribution in [0.25, 0.3) is 0 Å². The van der Waals surface area contributed by atoms with Gasteiger partial charge < -0.3 is 9.47 Å². The van der Waals surface area contributed by atoms with E-state index < -0.39 is 5.60 Å². The largest absolute Gasteiger partial charge is 0.459 e. The number of carbonyl (C=O) groups is 1. The molecule has 3 aliphatic rings. The lowest BCUT2D eigenvalue weighted by Crippen LogP contribution is -2.39. The number of epoxide rings is 1. The SMILES string of the molecule is C[C@@]12O[C@]1(C(=O)OCc1ccccc1)[C@H]1CC[C@@H]2C1. The van der Waals surface area contributed by atoms with Crippen LogP contribution in [0.3, 0.4) is 0 Å². The number of hydrogen-bond donors (Lipinski definition) is 0. The zero-order valence-electron chi connectivity index (χ0n) is 11.1. The third-order valence-corrected chi connectivity index (χ3v) is 5.37. The molecule has 100 valence electrons. The Morgan fingerprint density at radius 3 is 2.74 bits per heavy atom. The molecule has 2 bridgehead atoms. The highest BCUT2D eigenvalue weighted by molar-refractivity contribution is 5.86. The molecule has 0 amide bonds. The Labute approximate surface area is 112 Å². The minimum absolute atomic E-state index is 0.147. The Morgan fingerprint density at radius 2 is 2.05 bits per heavy atom. The summed E-state index contributed by atoms with van der Waals surface area (Å²) >= 11 is 0. The average molecular weight is 258 g/mol. The third-order valence-electron chi connectivity index (χ3n) is 5.37. The van der Waals surface area contributed by atoms with Crippen LogP contribution >= 0.6 is 0 Å². The molecule has 0 radical (unpaired) electrons. The summed E-state index contributed by atoms with van der Waals surface area (Å²) in [5.74, 6) is 0.790. The number of esters is 1. The molecular formula is C16H18O3. The van der Waals surface area contributed by atoms with Gasteiger partial charge >= 0.3 is 5.97 Å². The Kier molecular flexibility index (Phi) is 2.17. The Hall–Kier alpha value is -1.35. The highest BCUT2D eigenvalue weighted by Crippen LogP contribution is 2.71. The van der Waals surface area contributed by atoms with E-state index in [1.165, 1.54) is 6.42 Å². The number of ether oxygens (including phenoxy) is 2. The van der Waals surface area contributed by atoms with E-state index in [9.17, 15) is 4.79 Å². The van der Waals surface area contributed by atoms with Gasteiger partial charge in [-0.3, -0.25) is 0 Å². The summed E-state index contributed by atoms with van der Waals surface area (Å²) in [5.41, 5.74) is 0.187. The second-order valence-electron chi connectivity index (χ2n) is 6.21. The van der Waals surface area contributed by atoms with Crippen molar-refractivity contribution in [3.05, 3.63) is 35.9 Å². The van der Waals surface area contributed by atoms with Crippen molar-refractivity contribution < 1.29 is 14.3 Å². The maximum atomic E-state index is 12.4. The second kappa shape index (κ2) is 3.60. The molecule has 1 saturated heterocycles. The van der Waals surface area contributed by atoms with E-state index in [0.29, 0.717) is 18.4 Å². The molecule has 0 N–H and O–H groups in total. The summed E-state index contributed by atoms with van der Waals surface area (Å²) in [4.78, 5) is 12.4. The molecule has 0 unspecified atom stereocenters. The van der Waals surface area contributed by atoms with Crippen molar-refractivity contribution in [1.82, 2.24) is 0 Å². The third kappa shape index (κ3) is 1.34. The van der Waals surface area contributed by atoms with Crippen LogP contribution < -0.4 is 0 Å². The van der Waals surface area contributed by atoms with Gasteiger partial charge in [0.25, 0.3) is 0 Å². The first-order valence-corrected chi connectivity index (χ1v) is 7.08. The van der Waals surface area contributed by atoms with E-state index >= 15 is 0 Å². The highest BCUT2D eigenvalue weighted by Gasteiger charge is 2.84. The molecule has 1 aromatic rings. The summed E-state index contributed by atoms with van der Waals surface area (Å²) in [6, 6.07) is 9.81. The first kappa shape index (κ1) is 11.5. The zero-order valence-corrected chi connectivity index (χ0v) is 11.1. The van der Waals surface area contributed by atoms with Crippen LogP contribution in [0.5, 0.6) is 0 Å². The van der Waals surface area contributed by atoms with Gasteiger partial charge in [-0.1, -0.05) is 30.3 Å². The lowest BCUT2D eigenvalue weighted by molar-refractivity contribution is -0.153. The fraction of sp³-hybridized carbons (Fsp3) is 0.562. The minimum Gasteiger partial charge on any atom is -0.459 e. The molecular weight excluding hydrogens is 240 g/mol. The van der Waals surface area contributed by atoms with Crippen molar-refractivity contribution in [2.75, 3.05) is 0 Å². The van der Waals surface area contributed by atoms with Crippen LogP contribution in [0.1, 0.15) is 31.7 Å². The van der Waals surface area contributed by atoms with Crippen LogP contribution in [0.15, 0.2) is 30.3 Å². The number of fused-ring (bicyclic) bond motifs is 5. The predicted octanol–water partition coefficient (Wildman–Crippen LogP) is 2.69. The standard InChI is InChI=1S/C16H18O3/c1-15-12-7-8-13(9-12)16(15,19-15)14(17)18-10-11-5-3-2-4-6-11/h2-6,12-13H,7-10H2,1H3/t12-,13+,15+,16+/m1/s1. The quantitative estimate of drug-likeness (QED) is 0.618. The molecule has 0 spiro atoms. The first-order valence-electron chi connectivity index (χ1n) is 7.08. The van der Waals surface area contributed by atoms with E-state index in [0.717, 1.165) is 18.4 Å². The molecule has 3 heteroatoms. The summed E-state index contributed by atoms with van der Waals surface area (Å²) in [6.45, 7) is 2.43. The summed E-state index contributed by atoms with van der Waals surface area (Å²) in [7, 11) is 0. The highest BCUT2D eigenvalue weighted by atomic mass is 16.7. The van der Waals surface area contributed by atoms with Gasteiger partial charge in [0.1, 0.15) is 12.2 Å². The van der Waals surface area contributed by atoms with Crippen LogP contribution in [0, 0.1) is 11.8 Å². The van der Waals surface area contributed by atoms with Crippen molar-refractivity contribution in [2.24, 2.45) is 11.8 Å². The van der Waals surface area contributed by atoms with Crippen molar-refractivity contribution >= 4 is 5.97 Å². The molecule has 1 aromatic carbocycles. The normalized spacial score (nSPS) is 41.9. The lowest BCUT2D eigenvalue weighted by Gasteiger charge is -2.20. The maximum Gasteiger partial charge on any atom is 0.342 e. The van der Waals surface area contributed by atoms with E-state index in [2.05, 4.69) is 6.92 Å². The average Bonchev–Trinajstić information content (AvgIpc) is 2.79. The fourth-order valence-corrected chi connectivity index (χ4v) is 4.28. The number of rotatable bonds is 3. The molecule has 2 saturated carbocycles. The number of carbonyl (C=O) groups excluding carboxylic acids is 1. The topological polar surface area (TPSA) is 38.8 Å². The van der Waals surface area contributed by atoms with Gasteiger partial charge in [-0.05, 0) is 37.7 Å².